The average molecular weight is 425 g/mol. The molecule has 5 nitrogen and oxygen atoms in total. The van der Waals surface area contributed by atoms with E-state index in [2.05, 4.69) is 27.2 Å². The number of rotatable bonds is 7. The molecule has 0 spiro atoms. The van der Waals surface area contributed by atoms with Crippen molar-refractivity contribution >= 4 is 33.6 Å². The molecule has 0 radical (unpaired) electrons. The first-order valence-corrected chi connectivity index (χ1v) is 8.89. The molecule has 0 aliphatic rings. The highest BCUT2D eigenvalue weighted by Crippen LogP contribution is 2.37. The van der Waals surface area contributed by atoms with Gasteiger partial charge in [0.25, 0.3) is 5.91 Å². The van der Waals surface area contributed by atoms with Crippen molar-refractivity contribution in [3.8, 4) is 29.9 Å². The van der Waals surface area contributed by atoms with Crippen LogP contribution in [0, 0.1) is 23.7 Å². The van der Waals surface area contributed by atoms with E-state index in [0.29, 0.717) is 33.8 Å². The number of halogens is 1. The van der Waals surface area contributed by atoms with Gasteiger partial charge in [-0.15, -0.1) is 6.42 Å². The minimum Gasteiger partial charge on any atom is -0.490 e. The van der Waals surface area contributed by atoms with Gasteiger partial charge in [-0.3, -0.25) is 4.79 Å². The second kappa shape index (κ2) is 10.1. The van der Waals surface area contributed by atoms with Crippen molar-refractivity contribution in [3.63, 3.8) is 0 Å². The molecule has 0 aliphatic carbocycles. The number of carbonyl (C=O) groups is 1. The molecule has 0 heterocycles. The lowest BCUT2D eigenvalue weighted by Crippen LogP contribution is -2.13. The van der Waals surface area contributed by atoms with Gasteiger partial charge in [0.05, 0.1) is 11.1 Å². The number of anilines is 1. The van der Waals surface area contributed by atoms with Gasteiger partial charge >= 0.3 is 0 Å². The maximum atomic E-state index is 12.4. The molecule has 0 aliphatic heterocycles. The van der Waals surface area contributed by atoms with Gasteiger partial charge in [-0.25, -0.2) is 0 Å². The molecule has 0 aromatic heterocycles. The van der Waals surface area contributed by atoms with E-state index in [9.17, 15) is 10.1 Å². The number of hydrogen-bond acceptors (Lipinski definition) is 4. The van der Waals surface area contributed by atoms with E-state index in [1.807, 2.05) is 19.1 Å². The van der Waals surface area contributed by atoms with E-state index in [4.69, 9.17) is 15.9 Å². The summed E-state index contributed by atoms with van der Waals surface area (Å²) in [5.74, 6) is 2.84. The molecule has 0 saturated carbocycles. The van der Waals surface area contributed by atoms with Crippen LogP contribution in [0.3, 0.4) is 0 Å². The minimum absolute atomic E-state index is 0.0366. The predicted octanol–water partition coefficient (Wildman–Crippen LogP) is 4.41. The highest BCUT2D eigenvalue weighted by Gasteiger charge is 2.14. The van der Waals surface area contributed by atoms with Crippen molar-refractivity contribution in [3.05, 3.63) is 58.1 Å². The molecule has 0 saturated heterocycles. The fourth-order valence-corrected chi connectivity index (χ4v) is 2.80. The highest BCUT2D eigenvalue weighted by atomic mass is 79.9. The number of para-hydroxylation sites is 1. The summed E-state index contributed by atoms with van der Waals surface area (Å²) in [5.41, 5.74) is 1.18. The van der Waals surface area contributed by atoms with E-state index in [1.165, 1.54) is 6.08 Å². The van der Waals surface area contributed by atoms with E-state index in [1.54, 1.807) is 36.4 Å². The second-order valence-corrected chi connectivity index (χ2v) is 6.10. The Morgan fingerprint density at radius 1 is 1.30 bits per heavy atom. The average Bonchev–Trinajstić information content (AvgIpc) is 2.66. The molecule has 2 aromatic rings. The van der Waals surface area contributed by atoms with Gasteiger partial charge in [-0.05, 0) is 58.8 Å². The van der Waals surface area contributed by atoms with Gasteiger partial charge in [-0.1, -0.05) is 24.1 Å². The van der Waals surface area contributed by atoms with Gasteiger partial charge in [0.15, 0.2) is 11.5 Å². The van der Waals surface area contributed by atoms with E-state index < -0.39 is 5.91 Å². The molecule has 6 heteroatoms. The number of amides is 1. The van der Waals surface area contributed by atoms with Crippen molar-refractivity contribution in [1.29, 1.82) is 5.26 Å². The summed E-state index contributed by atoms with van der Waals surface area (Å²) in [6.45, 7) is 2.36. The largest absolute Gasteiger partial charge is 0.490 e. The number of nitriles is 1. The smallest absolute Gasteiger partial charge is 0.266 e. The Morgan fingerprint density at radius 2 is 2.04 bits per heavy atom. The standard InChI is InChI=1S/C21H17BrN2O3/c1-3-10-27-20-18(22)12-15(13-19(20)26-4-2)11-16(14-23)21(25)24-17-8-6-5-7-9-17/h1,5-9,11-13H,4,10H2,2H3,(H,24,25)/b16-11+. The van der Waals surface area contributed by atoms with Crippen LogP contribution in [0.4, 0.5) is 5.69 Å². The summed E-state index contributed by atoms with van der Waals surface area (Å²) in [7, 11) is 0. The maximum Gasteiger partial charge on any atom is 0.266 e. The van der Waals surface area contributed by atoms with Crippen LogP contribution in [0.5, 0.6) is 11.5 Å². The summed E-state index contributed by atoms with van der Waals surface area (Å²) in [4.78, 5) is 12.4. The number of nitrogens with one attached hydrogen (secondary N) is 1. The monoisotopic (exact) mass is 424 g/mol. The Labute approximate surface area is 166 Å². The van der Waals surface area contributed by atoms with Crippen molar-refractivity contribution in [2.45, 2.75) is 6.92 Å². The molecule has 1 N–H and O–H groups in total. The number of terminal acetylenes is 1. The first-order valence-electron chi connectivity index (χ1n) is 8.09. The van der Waals surface area contributed by atoms with Gasteiger partial charge in [0.2, 0.25) is 0 Å². The van der Waals surface area contributed by atoms with Gasteiger partial charge in [0, 0.05) is 5.69 Å². The quantitative estimate of drug-likeness (QED) is 0.406. The topological polar surface area (TPSA) is 71.3 Å². The van der Waals surface area contributed by atoms with Crippen LogP contribution < -0.4 is 14.8 Å². The summed E-state index contributed by atoms with van der Waals surface area (Å²) in [6.07, 6.45) is 6.72. The van der Waals surface area contributed by atoms with Gasteiger partial charge in [-0.2, -0.15) is 5.26 Å². The summed E-state index contributed by atoms with van der Waals surface area (Å²) < 4.78 is 11.7. The fraction of sp³-hybridized carbons (Fsp3) is 0.143. The minimum atomic E-state index is -0.495. The molecular formula is C21H17BrN2O3. The molecule has 0 atom stereocenters. The summed E-state index contributed by atoms with van der Waals surface area (Å²) >= 11 is 3.41. The Hall–Kier alpha value is -3.22. The van der Waals surface area contributed by atoms with E-state index >= 15 is 0 Å². The molecule has 27 heavy (non-hydrogen) atoms. The maximum absolute atomic E-state index is 12.4. The SMILES string of the molecule is C#CCOc1c(Br)cc(/C=C(\C#N)C(=O)Nc2ccccc2)cc1OCC. The number of nitrogens with zero attached hydrogens (tertiary/aromatic N) is 1. The normalized spacial score (nSPS) is 10.4. The molecule has 0 fully saturated rings. The van der Waals surface area contributed by atoms with E-state index in [0.717, 1.165) is 0 Å². The van der Waals surface area contributed by atoms with Crippen LogP contribution in [-0.4, -0.2) is 19.1 Å². The Balaban J connectivity index is 2.33. The lowest BCUT2D eigenvalue weighted by atomic mass is 10.1. The highest BCUT2D eigenvalue weighted by molar-refractivity contribution is 9.10. The van der Waals surface area contributed by atoms with Crippen LogP contribution in [0.1, 0.15) is 12.5 Å². The third-order valence-electron chi connectivity index (χ3n) is 3.34. The molecular weight excluding hydrogens is 408 g/mol. The molecule has 2 rings (SSSR count). The summed E-state index contributed by atoms with van der Waals surface area (Å²) in [5, 5.41) is 12.1. The second-order valence-electron chi connectivity index (χ2n) is 5.25. The zero-order chi connectivity index (χ0) is 19.6. The van der Waals surface area contributed by atoms with Crippen molar-refractivity contribution in [2.24, 2.45) is 0 Å². The first-order chi connectivity index (χ1) is 13.1. The van der Waals surface area contributed by atoms with Crippen LogP contribution >= 0.6 is 15.9 Å². The Morgan fingerprint density at radius 3 is 2.67 bits per heavy atom. The van der Waals surface area contributed by atoms with Crippen molar-refractivity contribution < 1.29 is 14.3 Å². The zero-order valence-electron chi connectivity index (χ0n) is 14.7. The molecule has 136 valence electrons. The zero-order valence-corrected chi connectivity index (χ0v) is 16.2. The van der Waals surface area contributed by atoms with Crippen LogP contribution in [-0.2, 0) is 4.79 Å². The number of benzene rings is 2. The molecule has 2 aromatic carbocycles. The van der Waals surface area contributed by atoms with Gasteiger partial charge < -0.3 is 14.8 Å². The first kappa shape index (κ1) is 20.1. The third-order valence-corrected chi connectivity index (χ3v) is 3.93. The van der Waals surface area contributed by atoms with Crippen LogP contribution in [0.15, 0.2) is 52.5 Å². The molecule has 0 unspecified atom stereocenters. The van der Waals surface area contributed by atoms with Crippen molar-refractivity contribution in [2.75, 3.05) is 18.5 Å². The third kappa shape index (κ3) is 5.64. The van der Waals surface area contributed by atoms with Crippen LogP contribution in [0.25, 0.3) is 6.08 Å². The van der Waals surface area contributed by atoms with E-state index in [-0.39, 0.29) is 12.2 Å². The Kier molecular flexibility index (Phi) is 7.49. The molecule has 0 bridgehead atoms. The number of hydrogen-bond donors (Lipinski definition) is 1. The van der Waals surface area contributed by atoms with Crippen LogP contribution in [0.2, 0.25) is 0 Å². The van der Waals surface area contributed by atoms with Crippen molar-refractivity contribution in [1.82, 2.24) is 0 Å². The summed E-state index contributed by atoms with van der Waals surface area (Å²) in [6, 6.07) is 14.3. The predicted molar refractivity (Wildman–Crippen MR) is 108 cm³/mol. The van der Waals surface area contributed by atoms with Gasteiger partial charge in [0.1, 0.15) is 18.2 Å². The fourth-order valence-electron chi connectivity index (χ4n) is 2.22. The number of ether oxygens (including phenoxy) is 2. The molecule has 1 amide bonds. The Bertz CT molecular complexity index is 925. The lowest BCUT2D eigenvalue weighted by molar-refractivity contribution is -0.112. The lowest BCUT2D eigenvalue weighted by Gasteiger charge is -2.13. The number of carbonyl (C=O) groups excluding carboxylic acids is 1.